The second-order valence-electron chi connectivity index (χ2n) is 4.72. The lowest BCUT2D eigenvalue weighted by atomic mass is 10.1. The van der Waals surface area contributed by atoms with Crippen LogP contribution in [0.2, 0.25) is 0 Å². The molecule has 4 heteroatoms. The number of aromatic nitrogens is 2. The summed E-state index contributed by atoms with van der Waals surface area (Å²) in [6.45, 7) is 2.59. The Bertz CT molecular complexity index is 747. The van der Waals surface area contributed by atoms with E-state index in [1.807, 2.05) is 37.4 Å². The number of para-hydroxylation sites is 1. The molecule has 0 unspecified atom stereocenters. The first-order chi connectivity index (χ1) is 9.74. The van der Waals surface area contributed by atoms with E-state index in [0.717, 1.165) is 28.0 Å². The van der Waals surface area contributed by atoms with Gasteiger partial charge in [-0.1, -0.05) is 24.3 Å². The average Bonchev–Trinajstić information content (AvgIpc) is 2.48. The van der Waals surface area contributed by atoms with Crippen molar-refractivity contribution in [3.63, 3.8) is 0 Å². The van der Waals surface area contributed by atoms with Crippen LogP contribution in [0.25, 0.3) is 10.9 Å². The van der Waals surface area contributed by atoms with E-state index >= 15 is 0 Å². The summed E-state index contributed by atoms with van der Waals surface area (Å²) in [5.41, 5.74) is 9.49. The summed E-state index contributed by atoms with van der Waals surface area (Å²) in [7, 11) is 0. The molecule has 0 spiro atoms. The Labute approximate surface area is 117 Å². The second kappa shape index (κ2) is 5.17. The predicted octanol–water partition coefficient (Wildman–Crippen LogP) is 3.13. The quantitative estimate of drug-likeness (QED) is 0.763. The Kier molecular flexibility index (Phi) is 3.21. The van der Waals surface area contributed by atoms with Crippen molar-refractivity contribution in [3.8, 4) is 0 Å². The maximum atomic E-state index is 5.77. The van der Waals surface area contributed by atoms with Gasteiger partial charge in [-0.05, 0) is 30.7 Å². The minimum absolute atomic E-state index is 0.685. The van der Waals surface area contributed by atoms with E-state index in [1.165, 1.54) is 0 Å². The Morgan fingerprint density at radius 1 is 1.10 bits per heavy atom. The van der Waals surface area contributed by atoms with E-state index in [-0.39, 0.29) is 0 Å². The predicted molar refractivity (Wildman–Crippen MR) is 82.5 cm³/mol. The highest BCUT2D eigenvalue weighted by Crippen LogP contribution is 2.18. The van der Waals surface area contributed by atoms with E-state index < -0.39 is 0 Å². The average molecular weight is 264 g/mol. The first-order valence-electron chi connectivity index (χ1n) is 6.53. The van der Waals surface area contributed by atoms with Crippen LogP contribution >= 0.6 is 0 Å². The fourth-order valence-corrected chi connectivity index (χ4v) is 2.17. The number of nitrogens with zero attached hydrogens (tertiary/aromatic N) is 2. The Morgan fingerprint density at radius 3 is 2.80 bits per heavy atom. The molecular formula is C16H16N4. The van der Waals surface area contributed by atoms with Crippen molar-refractivity contribution in [2.75, 3.05) is 11.1 Å². The molecule has 2 aromatic heterocycles. The van der Waals surface area contributed by atoms with Crippen LogP contribution in [0.1, 0.15) is 11.3 Å². The number of hydrogen-bond acceptors (Lipinski definition) is 4. The minimum Gasteiger partial charge on any atom is -0.397 e. The third kappa shape index (κ3) is 2.40. The molecule has 0 aliphatic carbocycles. The molecule has 0 radical (unpaired) electrons. The molecule has 0 aliphatic heterocycles. The number of nitrogens with two attached hydrogens (primary N) is 1. The molecule has 0 saturated heterocycles. The van der Waals surface area contributed by atoms with E-state index in [1.54, 1.807) is 0 Å². The van der Waals surface area contributed by atoms with Crippen LogP contribution in [0.3, 0.4) is 0 Å². The monoisotopic (exact) mass is 264 g/mol. The molecule has 20 heavy (non-hydrogen) atoms. The summed E-state index contributed by atoms with van der Waals surface area (Å²) in [5, 5.41) is 4.46. The van der Waals surface area contributed by atoms with E-state index in [0.29, 0.717) is 12.2 Å². The summed E-state index contributed by atoms with van der Waals surface area (Å²) in [6, 6.07) is 14.0. The van der Waals surface area contributed by atoms with Crippen LogP contribution in [0.5, 0.6) is 0 Å². The topological polar surface area (TPSA) is 63.8 Å². The maximum Gasteiger partial charge on any atom is 0.126 e. The zero-order valence-corrected chi connectivity index (χ0v) is 11.3. The van der Waals surface area contributed by atoms with Gasteiger partial charge in [-0.3, -0.25) is 4.98 Å². The van der Waals surface area contributed by atoms with Gasteiger partial charge in [0.15, 0.2) is 0 Å². The van der Waals surface area contributed by atoms with Crippen molar-refractivity contribution in [1.82, 2.24) is 9.97 Å². The van der Waals surface area contributed by atoms with Gasteiger partial charge in [0.2, 0.25) is 0 Å². The lowest BCUT2D eigenvalue weighted by Crippen LogP contribution is -2.04. The first kappa shape index (κ1) is 12.4. The van der Waals surface area contributed by atoms with Gasteiger partial charge in [0.25, 0.3) is 0 Å². The van der Waals surface area contributed by atoms with Gasteiger partial charge in [0.1, 0.15) is 5.82 Å². The molecule has 0 fully saturated rings. The summed E-state index contributed by atoms with van der Waals surface area (Å²) in [4.78, 5) is 8.86. The van der Waals surface area contributed by atoms with E-state index in [9.17, 15) is 0 Å². The summed E-state index contributed by atoms with van der Waals surface area (Å²) >= 11 is 0. The van der Waals surface area contributed by atoms with Crippen LogP contribution in [-0.2, 0) is 6.54 Å². The van der Waals surface area contributed by atoms with Gasteiger partial charge in [-0.25, -0.2) is 4.98 Å². The number of hydrogen-bond donors (Lipinski definition) is 2. The van der Waals surface area contributed by atoms with Crippen LogP contribution < -0.4 is 11.1 Å². The first-order valence-corrected chi connectivity index (χ1v) is 6.53. The molecule has 100 valence electrons. The van der Waals surface area contributed by atoms with Crippen molar-refractivity contribution in [1.29, 1.82) is 0 Å². The number of nitrogen functional groups attached to an aromatic ring is 1. The molecule has 0 saturated carbocycles. The Balaban J connectivity index is 1.85. The van der Waals surface area contributed by atoms with Gasteiger partial charge in [-0.15, -0.1) is 0 Å². The van der Waals surface area contributed by atoms with Crippen molar-refractivity contribution in [2.45, 2.75) is 13.5 Å². The van der Waals surface area contributed by atoms with Gasteiger partial charge in [-0.2, -0.15) is 0 Å². The molecule has 0 bridgehead atoms. The highest BCUT2D eigenvalue weighted by Gasteiger charge is 2.03. The van der Waals surface area contributed by atoms with Crippen LogP contribution in [0.4, 0.5) is 11.5 Å². The Hall–Kier alpha value is -2.62. The highest BCUT2D eigenvalue weighted by atomic mass is 15.0. The van der Waals surface area contributed by atoms with E-state index in [2.05, 4.69) is 33.5 Å². The molecule has 0 aliphatic rings. The zero-order chi connectivity index (χ0) is 13.9. The Morgan fingerprint density at radius 2 is 1.95 bits per heavy atom. The van der Waals surface area contributed by atoms with Crippen molar-refractivity contribution in [3.05, 3.63) is 59.9 Å². The largest absolute Gasteiger partial charge is 0.397 e. The molecule has 3 aromatic rings. The van der Waals surface area contributed by atoms with Gasteiger partial charge in [0, 0.05) is 18.1 Å². The molecule has 3 N–H and O–H groups in total. The summed E-state index contributed by atoms with van der Waals surface area (Å²) < 4.78 is 0. The van der Waals surface area contributed by atoms with Gasteiger partial charge < -0.3 is 11.1 Å². The second-order valence-corrected chi connectivity index (χ2v) is 4.72. The number of pyridine rings is 2. The number of benzene rings is 1. The van der Waals surface area contributed by atoms with Crippen LogP contribution in [0.15, 0.2) is 48.7 Å². The normalized spacial score (nSPS) is 10.7. The maximum absolute atomic E-state index is 5.77. The number of nitrogens with one attached hydrogen (secondary N) is 1. The summed E-state index contributed by atoms with van der Waals surface area (Å²) in [5.74, 6) is 0.824. The highest BCUT2D eigenvalue weighted by molar-refractivity contribution is 5.81. The lowest BCUT2D eigenvalue weighted by Gasteiger charge is -2.09. The zero-order valence-electron chi connectivity index (χ0n) is 11.3. The van der Waals surface area contributed by atoms with Crippen molar-refractivity contribution >= 4 is 22.4 Å². The molecule has 1 aromatic carbocycles. The van der Waals surface area contributed by atoms with Crippen molar-refractivity contribution < 1.29 is 0 Å². The number of fused-ring (bicyclic) bond motifs is 1. The molecule has 3 rings (SSSR count). The fraction of sp³-hybridized carbons (Fsp3) is 0.125. The molecule has 4 nitrogen and oxygen atoms in total. The number of rotatable bonds is 3. The SMILES string of the molecule is Cc1nc(NCc2cccc3cccnc23)ccc1N. The molecule has 0 atom stereocenters. The fourth-order valence-electron chi connectivity index (χ4n) is 2.17. The third-order valence-corrected chi connectivity index (χ3v) is 3.30. The standard InChI is InChI=1S/C16H16N4/c1-11-14(17)7-8-15(20-11)19-10-13-5-2-4-12-6-3-9-18-16(12)13/h2-9H,10,17H2,1H3,(H,19,20). The third-order valence-electron chi connectivity index (χ3n) is 3.30. The summed E-state index contributed by atoms with van der Waals surface area (Å²) in [6.07, 6.45) is 1.82. The smallest absolute Gasteiger partial charge is 0.126 e. The number of anilines is 2. The minimum atomic E-state index is 0.685. The van der Waals surface area contributed by atoms with Crippen LogP contribution in [0, 0.1) is 6.92 Å². The van der Waals surface area contributed by atoms with Crippen LogP contribution in [-0.4, -0.2) is 9.97 Å². The lowest BCUT2D eigenvalue weighted by molar-refractivity contribution is 1.09. The van der Waals surface area contributed by atoms with Crippen molar-refractivity contribution in [2.24, 2.45) is 0 Å². The molecular weight excluding hydrogens is 248 g/mol. The van der Waals surface area contributed by atoms with Gasteiger partial charge in [0.05, 0.1) is 16.9 Å². The number of aryl methyl sites for hydroxylation is 1. The molecule has 2 heterocycles. The van der Waals surface area contributed by atoms with Gasteiger partial charge >= 0.3 is 0 Å². The molecule has 0 amide bonds. The van der Waals surface area contributed by atoms with E-state index in [4.69, 9.17) is 5.73 Å².